The Morgan fingerprint density at radius 3 is 2.71 bits per heavy atom. The van der Waals surface area contributed by atoms with Crippen LogP contribution in [0.4, 0.5) is 5.69 Å². The highest BCUT2D eigenvalue weighted by Crippen LogP contribution is 2.42. The number of hydrogen-bond donors (Lipinski definition) is 0. The molecule has 3 rings (SSSR count). The average Bonchev–Trinajstić information content (AvgIpc) is 2.62. The van der Waals surface area contributed by atoms with Gasteiger partial charge in [0.05, 0.1) is 12.2 Å². The first-order chi connectivity index (χ1) is 11.7. The number of methoxy groups -OCH3 is 1. The van der Waals surface area contributed by atoms with Gasteiger partial charge in [0, 0.05) is 25.6 Å². The lowest BCUT2D eigenvalue weighted by Crippen LogP contribution is -2.47. The minimum absolute atomic E-state index is 0.350. The third kappa shape index (κ3) is 3.60. The summed E-state index contributed by atoms with van der Waals surface area (Å²) in [6, 6.07) is 16.9. The van der Waals surface area contributed by atoms with Crippen LogP contribution in [0.3, 0.4) is 0 Å². The topological polar surface area (TPSA) is 21.7 Å². The van der Waals surface area contributed by atoms with E-state index in [0.717, 1.165) is 37.2 Å². The van der Waals surface area contributed by atoms with Gasteiger partial charge >= 0.3 is 0 Å². The molecule has 1 aliphatic rings. The summed E-state index contributed by atoms with van der Waals surface area (Å²) in [7, 11) is 1.75. The number of ether oxygens (including phenoxy) is 2. The summed E-state index contributed by atoms with van der Waals surface area (Å²) < 4.78 is 11.7. The molecule has 1 atom stereocenters. The maximum atomic E-state index is 6.45. The number of halogens is 1. The van der Waals surface area contributed by atoms with Crippen molar-refractivity contribution in [2.45, 2.75) is 24.3 Å². The van der Waals surface area contributed by atoms with Crippen molar-refractivity contribution in [3.63, 3.8) is 0 Å². The first-order valence-electron chi connectivity index (χ1n) is 8.33. The second-order valence-electron chi connectivity index (χ2n) is 6.40. The van der Waals surface area contributed by atoms with Crippen molar-refractivity contribution >= 4 is 21.6 Å². The van der Waals surface area contributed by atoms with Gasteiger partial charge in [-0.3, -0.25) is 0 Å². The Kier molecular flexibility index (Phi) is 5.47. The lowest BCUT2D eigenvalue weighted by molar-refractivity contribution is 0.0822. The van der Waals surface area contributed by atoms with Crippen molar-refractivity contribution in [2.24, 2.45) is 0 Å². The second kappa shape index (κ2) is 7.58. The predicted octanol–water partition coefficient (Wildman–Crippen LogP) is 4.73. The fourth-order valence-corrected chi connectivity index (χ4v) is 3.59. The molecule has 0 radical (unpaired) electrons. The highest BCUT2D eigenvalue weighted by atomic mass is 79.9. The van der Waals surface area contributed by atoms with Crippen LogP contribution in [0.5, 0.6) is 5.75 Å². The molecule has 2 aromatic rings. The molecule has 0 N–H and O–H groups in total. The minimum Gasteiger partial charge on any atom is -0.479 e. The molecule has 4 heteroatoms. The zero-order valence-electron chi connectivity index (χ0n) is 14.3. The number of rotatable bonds is 6. The molecular formula is C20H24BrNO2. The van der Waals surface area contributed by atoms with E-state index in [-0.39, 0.29) is 5.60 Å². The van der Waals surface area contributed by atoms with Crippen molar-refractivity contribution in [3.8, 4) is 5.75 Å². The van der Waals surface area contributed by atoms with Crippen molar-refractivity contribution in [1.82, 2.24) is 0 Å². The Morgan fingerprint density at radius 1 is 1.21 bits per heavy atom. The van der Waals surface area contributed by atoms with E-state index in [1.54, 1.807) is 7.11 Å². The van der Waals surface area contributed by atoms with Crippen LogP contribution >= 0.6 is 15.9 Å². The highest BCUT2D eigenvalue weighted by molar-refractivity contribution is 9.08. The third-order valence-electron chi connectivity index (χ3n) is 4.51. The maximum absolute atomic E-state index is 6.45. The molecule has 0 amide bonds. The van der Waals surface area contributed by atoms with Gasteiger partial charge in [0.1, 0.15) is 11.4 Å². The van der Waals surface area contributed by atoms with Gasteiger partial charge in [-0.1, -0.05) is 52.3 Å². The van der Waals surface area contributed by atoms with E-state index in [2.05, 4.69) is 70.2 Å². The summed E-state index contributed by atoms with van der Waals surface area (Å²) in [6.07, 6.45) is 0.999. The van der Waals surface area contributed by atoms with Crippen LogP contribution in [0.15, 0.2) is 48.5 Å². The van der Waals surface area contributed by atoms with E-state index in [1.807, 2.05) is 6.07 Å². The molecule has 0 saturated heterocycles. The van der Waals surface area contributed by atoms with Crippen molar-refractivity contribution in [3.05, 3.63) is 59.7 Å². The first-order valence-corrected chi connectivity index (χ1v) is 9.46. The van der Waals surface area contributed by atoms with Crippen LogP contribution in [-0.4, -0.2) is 26.8 Å². The van der Waals surface area contributed by atoms with Crippen LogP contribution in [0, 0.1) is 0 Å². The quantitative estimate of drug-likeness (QED) is 0.526. The second-order valence-corrected chi connectivity index (χ2v) is 6.96. The van der Waals surface area contributed by atoms with Crippen molar-refractivity contribution < 1.29 is 9.47 Å². The lowest BCUT2D eigenvalue weighted by atomic mass is 9.92. The van der Waals surface area contributed by atoms with E-state index >= 15 is 0 Å². The molecule has 128 valence electrons. The molecular weight excluding hydrogens is 366 g/mol. The summed E-state index contributed by atoms with van der Waals surface area (Å²) in [5.41, 5.74) is 3.29. The Labute approximate surface area is 152 Å². The van der Waals surface area contributed by atoms with Gasteiger partial charge in [-0.15, -0.1) is 0 Å². The zero-order chi connectivity index (χ0) is 17.0. The van der Waals surface area contributed by atoms with E-state index in [4.69, 9.17) is 9.47 Å². The number of alkyl halides is 1. The summed E-state index contributed by atoms with van der Waals surface area (Å²) in [5.74, 6) is 0.953. The number of benzene rings is 2. The molecule has 0 saturated carbocycles. The van der Waals surface area contributed by atoms with Crippen LogP contribution in [0.25, 0.3) is 0 Å². The number of anilines is 1. The Bertz CT molecular complexity index is 677. The molecule has 1 unspecified atom stereocenters. The fraction of sp³-hybridized carbons (Fsp3) is 0.400. The molecule has 0 spiro atoms. The highest BCUT2D eigenvalue weighted by Gasteiger charge is 2.37. The molecule has 1 heterocycles. The Hall–Kier alpha value is -1.52. The van der Waals surface area contributed by atoms with Gasteiger partial charge in [0.15, 0.2) is 0 Å². The predicted molar refractivity (Wildman–Crippen MR) is 102 cm³/mol. The van der Waals surface area contributed by atoms with E-state index in [1.165, 1.54) is 16.8 Å². The average molecular weight is 390 g/mol. The van der Waals surface area contributed by atoms with Gasteiger partial charge in [-0.25, -0.2) is 0 Å². The monoisotopic (exact) mass is 389 g/mol. The Morgan fingerprint density at radius 2 is 2.00 bits per heavy atom. The minimum atomic E-state index is -0.350. The summed E-state index contributed by atoms with van der Waals surface area (Å²) in [6.45, 7) is 4.73. The van der Waals surface area contributed by atoms with Crippen LogP contribution in [-0.2, 0) is 15.7 Å². The Balaban J connectivity index is 1.94. The SMILES string of the molecule is COCCCN1CC(C)(c2ccccc2)Oc2ccc(CBr)cc21. The first kappa shape index (κ1) is 17.3. The molecule has 0 aromatic heterocycles. The van der Waals surface area contributed by atoms with E-state index in [9.17, 15) is 0 Å². The smallest absolute Gasteiger partial charge is 0.149 e. The largest absolute Gasteiger partial charge is 0.479 e. The molecule has 0 bridgehead atoms. The van der Waals surface area contributed by atoms with Crippen molar-refractivity contribution in [2.75, 3.05) is 31.7 Å². The van der Waals surface area contributed by atoms with Crippen LogP contribution in [0.1, 0.15) is 24.5 Å². The van der Waals surface area contributed by atoms with Gasteiger partial charge in [0.2, 0.25) is 0 Å². The normalized spacial score (nSPS) is 19.7. The van der Waals surface area contributed by atoms with Gasteiger partial charge < -0.3 is 14.4 Å². The van der Waals surface area contributed by atoms with Crippen molar-refractivity contribution in [1.29, 1.82) is 0 Å². The molecule has 1 aliphatic heterocycles. The zero-order valence-corrected chi connectivity index (χ0v) is 15.9. The van der Waals surface area contributed by atoms with Gasteiger partial charge in [-0.2, -0.15) is 0 Å². The third-order valence-corrected chi connectivity index (χ3v) is 5.15. The number of nitrogens with zero attached hydrogens (tertiary/aromatic N) is 1. The van der Waals surface area contributed by atoms with Crippen LogP contribution in [0.2, 0.25) is 0 Å². The van der Waals surface area contributed by atoms with Gasteiger partial charge in [-0.05, 0) is 36.6 Å². The molecule has 24 heavy (non-hydrogen) atoms. The summed E-state index contributed by atoms with van der Waals surface area (Å²) in [4.78, 5) is 2.43. The molecule has 2 aromatic carbocycles. The molecule has 0 fully saturated rings. The summed E-state index contributed by atoms with van der Waals surface area (Å²) >= 11 is 3.55. The molecule has 3 nitrogen and oxygen atoms in total. The lowest BCUT2D eigenvalue weighted by Gasteiger charge is -2.43. The maximum Gasteiger partial charge on any atom is 0.149 e. The standard InChI is InChI=1S/C20H24BrNO2/c1-20(17-7-4-3-5-8-17)15-22(11-6-12-23-2)18-13-16(14-21)9-10-19(18)24-20/h3-5,7-10,13H,6,11-12,14-15H2,1-2H3. The van der Waals surface area contributed by atoms with E-state index < -0.39 is 0 Å². The number of fused-ring (bicyclic) bond motifs is 1. The fourth-order valence-electron chi connectivity index (χ4n) is 3.24. The van der Waals surface area contributed by atoms with E-state index in [0.29, 0.717) is 0 Å². The molecule has 0 aliphatic carbocycles. The number of hydrogen-bond acceptors (Lipinski definition) is 3. The van der Waals surface area contributed by atoms with Gasteiger partial charge in [0.25, 0.3) is 0 Å². The van der Waals surface area contributed by atoms with Crippen LogP contribution < -0.4 is 9.64 Å². The summed E-state index contributed by atoms with van der Waals surface area (Å²) in [5, 5.41) is 0.849.